The van der Waals surface area contributed by atoms with Gasteiger partial charge in [-0.05, 0) is 39.0 Å². The standard InChI is InChI=1S/C14H25N3/c1-4-12-10(2)16-13(17-12)14(3,15)11-8-6-5-7-9-11/h11H,4-9,15H2,1-3H3,(H,16,17). The zero-order valence-corrected chi connectivity index (χ0v) is 11.3. The molecule has 0 amide bonds. The molecule has 3 N–H and O–H groups in total. The van der Waals surface area contributed by atoms with Crippen molar-refractivity contribution in [1.82, 2.24) is 9.97 Å². The lowest BCUT2D eigenvalue weighted by molar-refractivity contribution is 0.215. The van der Waals surface area contributed by atoms with Gasteiger partial charge in [0.2, 0.25) is 0 Å². The van der Waals surface area contributed by atoms with Gasteiger partial charge in [0, 0.05) is 5.69 Å². The lowest BCUT2D eigenvalue weighted by Gasteiger charge is -2.35. The molecule has 3 nitrogen and oxygen atoms in total. The van der Waals surface area contributed by atoms with Gasteiger partial charge in [-0.15, -0.1) is 0 Å². The second-order valence-corrected chi connectivity index (χ2v) is 5.63. The fourth-order valence-electron chi connectivity index (χ4n) is 2.99. The molecule has 1 atom stereocenters. The molecule has 1 aromatic rings. The Labute approximate surface area is 104 Å². The predicted octanol–water partition coefficient (Wildman–Crippen LogP) is 3.03. The van der Waals surface area contributed by atoms with E-state index < -0.39 is 0 Å². The molecule has 0 bridgehead atoms. The van der Waals surface area contributed by atoms with Gasteiger partial charge in [0.15, 0.2) is 0 Å². The van der Waals surface area contributed by atoms with Crippen molar-refractivity contribution in [1.29, 1.82) is 0 Å². The predicted molar refractivity (Wildman–Crippen MR) is 70.8 cm³/mol. The number of aryl methyl sites for hydroxylation is 2. The first-order chi connectivity index (χ1) is 8.05. The molecule has 1 saturated carbocycles. The van der Waals surface area contributed by atoms with E-state index in [1.54, 1.807) is 0 Å². The topological polar surface area (TPSA) is 54.7 Å². The van der Waals surface area contributed by atoms with Crippen molar-refractivity contribution in [2.45, 2.75) is 64.8 Å². The SMILES string of the molecule is CCc1nc(C(C)(N)C2CCCCC2)[nH]c1C. The van der Waals surface area contributed by atoms with Crippen LogP contribution in [-0.4, -0.2) is 9.97 Å². The molecule has 0 aromatic carbocycles. The van der Waals surface area contributed by atoms with Crippen LogP contribution in [0.5, 0.6) is 0 Å². The fourth-order valence-corrected chi connectivity index (χ4v) is 2.99. The first-order valence-electron chi connectivity index (χ1n) is 6.90. The van der Waals surface area contributed by atoms with Crippen LogP contribution in [0.15, 0.2) is 0 Å². The van der Waals surface area contributed by atoms with Crippen LogP contribution in [0.2, 0.25) is 0 Å². The highest BCUT2D eigenvalue weighted by atomic mass is 15.0. The molecule has 1 aromatic heterocycles. The van der Waals surface area contributed by atoms with Crippen LogP contribution in [0.4, 0.5) is 0 Å². The van der Waals surface area contributed by atoms with Gasteiger partial charge in [-0.25, -0.2) is 4.98 Å². The minimum atomic E-state index is -0.293. The number of aromatic amines is 1. The molecule has 1 aliphatic rings. The lowest BCUT2D eigenvalue weighted by atomic mass is 9.76. The largest absolute Gasteiger partial charge is 0.344 e. The van der Waals surface area contributed by atoms with E-state index in [-0.39, 0.29) is 5.54 Å². The molecular weight excluding hydrogens is 210 g/mol. The molecule has 17 heavy (non-hydrogen) atoms. The molecule has 2 rings (SSSR count). The summed E-state index contributed by atoms with van der Waals surface area (Å²) in [7, 11) is 0. The maximum atomic E-state index is 6.56. The number of nitrogens with two attached hydrogens (primary N) is 1. The first kappa shape index (κ1) is 12.6. The average Bonchev–Trinajstić information content (AvgIpc) is 2.72. The van der Waals surface area contributed by atoms with Crippen molar-refractivity contribution in [3.8, 4) is 0 Å². The second kappa shape index (κ2) is 4.81. The number of rotatable bonds is 3. The summed E-state index contributed by atoms with van der Waals surface area (Å²) in [6, 6.07) is 0. The summed E-state index contributed by atoms with van der Waals surface area (Å²) in [4.78, 5) is 8.09. The van der Waals surface area contributed by atoms with Crippen molar-refractivity contribution in [2.24, 2.45) is 11.7 Å². The normalized spacial score (nSPS) is 21.4. The molecule has 0 aliphatic heterocycles. The van der Waals surface area contributed by atoms with E-state index in [9.17, 15) is 0 Å². The number of imidazole rings is 1. The Morgan fingerprint density at radius 2 is 2.00 bits per heavy atom. The van der Waals surface area contributed by atoms with Gasteiger partial charge >= 0.3 is 0 Å². The third-order valence-corrected chi connectivity index (χ3v) is 4.28. The average molecular weight is 235 g/mol. The molecule has 0 saturated heterocycles. The van der Waals surface area contributed by atoms with Crippen molar-refractivity contribution in [3.05, 3.63) is 17.2 Å². The fraction of sp³-hybridized carbons (Fsp3) is 0.786. The summed E-state index contributed by atoms with van der Waals surface area (Å²) in [5.74, 6) is 1.56. The molecular formula is C14H25N3. The van der Waals surface area contributed by atoms with E-state index in [2.05, 4.69) is 25.8 Å². The van der Waals surface area contributed by atoms with Crippen LogP contribution in [0, 0.1) is 12.8 Å². The van der Waals surface area contributed by atoms with E-state index in [0.29, 0.717) is 5.92 Å². The summed E-state index contributed by atoms with van der Waals surface area (Å²) < 4.78 is 0. The highest BCUT2D eigenvalue weighted by molar-refractivity contribution is 5.18. The molecule has 3 heteroatoms. The van der Waals surface area contributed by atoms with E-state index in [1.165, 1.54) is 37.8 Å². The summed E-state index contributed by atoms with van der Waals surface area (Å²) in [5, 5.41) is 0. The Hall–Kier alpha value is -0.830. The van der Waals surface area contributed by atoms with Gasteiger partial charge in [-0.2, -0.15) is 0 Å². The van der Waals surface area contributed by atoms with E-state index in [1.807, 2.05) is 0 Å². The zero-order valence-electron chi connectivity index (χ0n) is 11.3. The van der Waals surface area contributed by atoms with Crippen molar-refractivity contribution < 1.29 is 0 Å². The van der Waals surface area contributed by atoms with E-state index >= 15 is 0 Å². The second-order valence-electron chi connectivity index (χ2n) is 5.63. The van der Waals surface area contributed by atoms with Gasteiger partial charge in [0.1, 0.15) is 5.82 Å². The summed E-state index contributed by atoms with van der Waals surface area (Å²) >= 11 is 0. The molecule has 1 unspecified atom stereocenters. The van der Waals surface area contributed by atoms with Crippen LogP contribution in [0.25, 0.3) is 0 Å². The van der Waals surface area contributed by atoms with Gasteiger partial charge in [-0.3, -0.25) is 0 Å². The Morgan fingerprint density at radius 1 is 1.35 bits per heavy atom. The first-order valence-corrected chi connectivity index (χ1v) is 6.90. The van der Waals surface area contributed by atoms with Gasteiger partial charge in [-0.1, -0.05) is 26.2 Å². The van der Waals surface area contributed by atoms with Gasteiger partial charge < -0.3 is 10.7 Å². The molecule has 0 spiro atoms. The maximum Gasteiger partial charge on any atom is 0.126 e. The molecule has 1 fully saturated rings. The third kappa shape index (κ3) is 2.39. The highest BCUT2D eigenvalue weighted by Crippen LogP contribution is 2.36. The van der Waals surface area contributed by atoms with Gasteiger partial charge in [0.25, 0.3) is 0 Å². The van der Waals surface area contributed by atoms with Crippen LogP contribution >= 0.6 is 0 Å². The van der Waals surface area contributed by atoms with Crippen LogP contribution < -0.4 is 5.73 Å². The number of nitrogens with zero attached hydrogens (tertiary/aromatic N) is 1. The number of H-pyrrole nitrogens is 1. The molecule has 1 aliphatic carbocycles. The summed E-state index contributed by atoms with van der Waals surface area (Å²) in [6.45, 7) is 6.37. The van der Waals surface area contributed by atoms with Crippen molar-refractivity contribution >= 4 is 0 Å². The molecule has 0 radical (unpaired) electrons. The Morgan fingerprint density at radius 3 is 2.53 bits per heavy atom. The maximum absolute atomic E-state index is 6.56. The van der Waals surface area contributed by atoms with Crippen molar-refractivity contribution in [3.63, 3.8) is 0 Å². The summed E-state index contributed by atoms with van der Waals surface area (Å²) in [5.41, 5.74) is 8.60. The van der Waals surface area contributed by atoms with E-state index in [4.69, 9.17) is 10.7 Å². The Bertz CT molecular complexity index is 373. The van der Waals surface area contributed by atoms with Crippen molar-refractivity contribution in [2.75, 3.05) is 0 Å². The van der Waals surface area contributed by atoms with E-state index in [0.717, 1.165) is 17.9 Å². The third-order valence-electron chi connectivity index (χ3n) is 4.28. The van der Waals surface area contributed by atoms with Gasteiger partial charge in [0.05, 0.1) is 11.2 Å². The smallest absolute Gasteiger partial charge is 0.126 e. The number of hydrogen-bond donors (Lipinski definition) is 2. The number of hydrogen-bond acceptors (Lipinski definition) is 2. The quantitative estimate of drug-likeness (QED) is 0.846. The zero-order chi connectivity index (χ0) is 12.5. The Balaban J connectivity index is 2.22. The minimum Gasteiger partial charge on any atom is -0.344 e. The monoisotopic (exact) mass is 235 g/mol. The molecule has 96 valence electrons. The minimum absolute atomic E-state index is 0.293. The molecule has 1 heterocycles. The van der Waals surface area contributed by atoms with Crippen LogP contribution in [0.1, 0.15) is 63.2 Å². The number of aromatic nitrogens is 2. The highest BCUT2D eigenvalue weighted by Gasteiger charge is 2.35. The number of nitrogens with one attached hydrogen (secondary N) is 1. The summed E-state index contributed by atoms with van der Waals surface area (Å²) in [6.07, 6.45) is 7.46. The lowest BCUT2D eigenvalue weighted by Crippen LogP contribution is -2.43. The Kier molecular flexibility index (Phi) is 3.57. The van der Waals surface area contributed by atoms with Crippen LogP contribution in [-0.2, 0) is 12.0 Å². The van der Waals surface area contributed by atoms with Crippen LogP contribution in [0.3, 0.4) is 0 Å².